The van der Waals surface area contributed by atoms with Crippen molar-refractivity contribution in [1.29, 1.82) is 0 Å². The fraction of sp³-hybridized carbons (Fsp3) is 0.812. The summed E-state index contributed by atoms with van der Waals surface area (Å²) in [5.41, 5.74) is 1.25. The first-order chi connectivity index (χ1) is 7.80. The van der Waals surface area contributed by atoms with Gasteiger partial charge in [0.1, 0.15) is 0 Å². The highest BCUT2D eigenvalue weighted by Gasteiger charge is 2.63. The van der Waals surface area contributed by atoms with Crippen LogP contribution in [0, 0.1) is 22.7 Å². The molecule has 2 aliphatic carbocycles. The third-order valence-electron chi connectivity index (χ3n) is 5.47. The lowest BCUT2D eigenvalue weighted by Gasteiger charge is -2.31. The molecule has 1 heteroatoms. The largest absolute Gasteiger partial charge is 0.294 e. The Morgan fingerprint density at radius 3 is 2.47 bits per heavy atom. The van der Waals surface area contributed by atoms with E-state index in [0.29, 0.717) is 11.7 Å². The summed E-state index contributed by atoms with van der Waals surface area (Å²) in [5.74, 6) is 1.69. The Labute approximate surface area is 106 Å². The molecule has 0 saturated heterocycles. The van der Waals surface area contributed by atoms with Gasteiger partial charge in [-0.1, -0.05) is 40.7 Å². The number of hydrogen-bond acceptors (Lipinski definition) is 1. The van der Waals surface area contributed by atoms with E-state index in [0.717, 1.165) is 24.3 Å². The summed E-state index contributed by atoms with van der Waals surface area (Å²) in [5, 5.41) is 0. The number of ketones is 1. The zero-order valence-electron chi connectivity index (χ0n) is 12.0. The van der Waals surface area contributed by atoms with Gasteiger partial charge in [-0.15, -0.1) is 0 Å². The molecule has 0 aromatic carbocycles. The van der Waals surface area contributed by atoms with Crippen molar-refractivity contribution in [3.63, 3.8) is 0 Å². The summed E-state index contributed by atoms with van der Waals surface area (Å²) in [6.07, 6.45) is 6.81. The number of rotatable bonds is 3. The minimum absolute atomic E-state index is 0.0820. The Morgan fingerprint density at radius 2 is 2.00 bits per heavy atom. The number of allylic oxidation sites excluding steroid dienone is 2. The standard InChI is InChI=1S/C16H26O/c1-11(2)7-6-8-12-13-9-10-16(5,14(12)17)15(13,3)4/h8,11,13H,6-7,9-10H2,1-5H3/b12-8+/t13-,16-/m0/s1. The SMILES string of the molecule is CC(C)CC/C=C1/C(=O)[C@]2(C)CC[C@@H]1C2(C)C. The highest BCUT2D eigenvalue weighted by atomic mass is 16.1. The second-order valence-corrected chi connectivity index (χ2v) is 7.10. The third-order valence-corrected chi connectivity index (χ3v) is 5.47. The predicted molar refractivity (Wildman–Crippen MR) is 71.8 cm³/mol. The van der Waals surface area contributed by atoms with Gasteiger partial charge in [0.2, 0.25) is 0 Å². The normalized spacial score (nSPS) is 37.4. The summed E-state index contributed by atoms with van der Waals surface area (Å²) < 4.78 is 0. The molecule has 2 saturated carbocycles. The van der Waals surface area contributed by atoms with Crippen LogP contribution in [0.15, 0.2) is 11.6 Å². The second-order valence-electron chi connectivity index (χ2n) is 7.10. The molecule has 0 N–H and O–H groups in total. The molecule has 96 valence electrons. The molecule has 0 unspecified atom stereocenters. The number of carbonyl (C=O) groups excluding carboxylic acids is 1. The summed E-state index contributed by atoms with van der Waals surface area (Å²) in [7, 11) is 0. The lowest BCUT2D eigenvalue weighted by molar-refractivity contribution is -0.125. The van der Waals surface area contributed by atoms with Gasteiger partial charge in [0.15, 0.2) is 5.78 Å². The molecular formula is C16H26O. The van der Waals surface area contributed by atoms with Gasteiger partial charge in [-0.25, -0.2) is 0 Å². The van der Waals surface area contributed by atoms with Crippen LogP contribution in [0.4, 0.5) is 0 Å². The van der Waals surface area contributed by atoms with Crippen LogP contribution in [0.1, 0.15) is 60.3 Å². The van der Waals surface area contributed by atoms with Gasteiger partial charge < -0.3 is 0 Å². The zero-order valence-corrected chi connectivity index (χ0v) is 12.0. The van der Waals surface area contributed by atoms with Crippen molar-refractivity contribution < 1.29 is 4.79 Å². The lowest BCUT2D eigenvalue weighted by Crippen LogP contribution is -2.32. The topological polar surface area (TPSA) is 17.1 Å². The van der Waals surface area contributed by atoms with Gasteiger partial charge in [0, 0.05) is 5.41 Å². The van der Waals surface area contributed by atoms with E-state index in [2.05, 4.69) is 40.7 Å². The van der Waals surface area contributed by atoms with E-state index in [4.69, 9.17) is 0 Å². The van der Waals surface area contributed by atoms with Crippen LogP contribution in [-0.2, 0) is 4.79 Å². The molecule has 0 radical (unpaired) electrons. The predicted octanol–water partition coefficient (Wildman–Crippen LogP) is 4.37. The molecule has 2 rings (SSSR count). The maximum absolute atomic E-state index is 12.5. The molecule has 17 heavy (non-hydrogen) atoms. The number of carbonyl (C=O) groups is 1. The van der Waals surface area contributed by atoms with E-state index in [1.165, 1.54) is 12.8 Å². The van der Waals surface area contributed by atoms with E-state index < -0.39 is 0 Å². The first kappa shape index (κ1) is 12.9. The second kappa shape index (κ2) is 3.96. The van der Waals surface area contributed by atoms with E-state index in [9.17, 15) is 4.79 Å². The fourth-order valence-electron chi connectivity index (χ4n) is 3.73. The van der Waals surface area contributed by atoms with E-state index in [-0.39, 0.29) is 10.8 Å². The Balaban J connectivity index is 2.20. The molecule has 0 aliphatic heterocycles. The summed E-state index contributed by atoms with van der Waals surface area (Å²) >= 11 is 0. The molecule has 2 atom stereocenters. The Bertz CT molecular complexity index is 362. The van der Waals surface area contributed by atoms with E-state index in [1.807, 2.05) is 0 Å². The van der Waals surface area contributed by atoms with Gasteiger partial charge in [-0.3, -0.25) is 4.79 Å². The van der Waals surface area contributed by atoms with Gasteiger partial charge >= 0.3 is 0 Å². The van der Waals surface area contributed by atoms with Crippen molar-refractivity contribution in [2.24, 2.45) is 22.7 Å². The summed E-state index contributed by atoms with van der Waals surface area (Å²) in [6.45, 7) is 11.2. The third kappa shape index (κ3) is 1.70. The Morgan fingerprint density at radius 1 is 1.35 bits per heavy atom. The van der Waals surface area contributed by atoms with Crippen LogP contribution < -0.4 is 0 Å². The van der Waals surface area contributed by atoms with Crippen molar-refractivity contribution in [2.45, 2.75) is 60.3 Å². The van der Waals surface area contributed by atoms with Crippen molar-refractivity contribution >= 4 is 5.78 Å². The van der Waals surface area contributed by atoms with Crippen LogP contribution in [0.25, 0.3) is 0 Å². The monoisotopic (exact) mass is 234 g/mol. The maximum atomic E-state index is 12.5. The fourth-order valence-corrected chi connectivity index (χ4v) is 3.73. The molecule has 0 heterocycles. The average molecular weight is 234 g/mol. The molecule has 0 spiro atoms. The number of Topliss-reactive ketones (excluding diaryl/α,β-unsaturated/α-hetero) is 1. The Kier molecular flexibility index (Phi) is 3.00. The van der Waals surface area contributed by atoms with Crippen LogP contribution in [0.5, 0.6) is 0 Å². The van der Waals surface area contributed by atoms with Gasteiger partial charge in [-0.2, -0.15) is 0 Å². The molecule has 0 aromatic heterocycles. The van der Waals surface area contributed by atoms with E-state index >= 15 is 0 Å². The smallest absolute Gasteiger partial charge is 0.165 e. The summed E-state index contributed by atoms with van der Waals surface area (Å²) in [4.78, 5) is 12.5. The number of hydrogen-bond donors (Lipinski definition) is 0. The maximum Gasteiger partial charge on any atom is 0.165 e. The first-order valence-electron chi connectivity index (χ1n) is 7.05. The minimum Gasteiger partial charge on any atom is -0.294 e. The Hall–Kier alpha value is -0.590. The summed E-state index contributed by atoms with van der Waals surface area (Å²) in [6, 6.07) is 0. The first-order valence-corrected chi connectivity index (χ1v) is 7.05. The van der Waals surface area contributed by atoms with Crippen LogP contribution in [0.2, 0.25) is 0 Å². The number of fused-ring (bicyclic) bond motifs is 2. The zero-order chi connectivity index (χ0) is 12.8. The highest BCUT2D eigenvalue weighted by Crippen LogP contribution is 2.65. The molecule has 0 amide bonds. The molecule has 2 bridgehead atoms. The molecule has 1 nitrogen and oxygen atoms in total. The van der Waals surface area contributed by atoms with Gasteiger partial charge in [0.05, 0.1) is 0 Å². The minimum atomic E-state index is -0.0820. The molecular weight excluding hydrogens is 208 g/mol. The molecule has 2 fully saturated rings. The van der Waals surface area contributed by atoms with Crippen molar-refractivity contribution in [3.05, 3.63) is 11.6 Å². The van der Waals surface area contributed by atoms with Crippen molar-refractivity contribution in [3.8, 4) is 0 Å². The van der Waals surface area contributed by atoms with Crippen LogP contribution in [-0.4, -0.2) is 5.78 Å². The molecule has 0 aromatic rings. The lowest BCUT2D eigenvalue weighted by atomic mass is 9.70. The van der Waals surface area contributed by atoms with Crippen molar-refractivity contribution in [1.82, 2.24) is 0 Å². The van der Waals surface area contributed by atoms with Gasteiger partial charge in [-0.05, 0) is 48.5 Å². The van der Waals surface area contributed by atoms with Gasteiger partial charge in [0.25, 0.3) is 0 Å². The van der Waals surface area contributed by atoms with Crippen molar-refractivity contribution in [2.75, 3.05) is 0 Å². The van der Waals surface area contributed by atoms with E-state index in [1.54, 1.807) is 0 Å². The highest BCUT2D eigenvalue weighted by molar-refractivity contribution is 6.04. The van der Waals surface area contributed by atoms with Crippen LogP contribution >= 0.6 is 0 Å². The quantitative estimate of drug-likeness (QED) is 0.662. The average Bonchev–Trinajstić information content (AvgIpc) is 2.52. The van der Waals surface area contributed by atoms with Crippen LogP contribution in [0.3, 0.4) is 0 Å². The molecule has 2 aliphatic rings.